The predicted octanol–water partition coefficient (Wildman–Crippen LogP) is 1.69. The fourth-order valence-electron chi connectivity index (χ4n) is 4.23. The fourth-order valence-corrected chi connectivity index (χ4v) is 4.23. The number of hydrogen-bond acceptors (Lipinski definition) is 4. The second-order valence-corrected chi connectivity index (χ2v) is 7.07. The van der Waals surface area contributed by atoms with Gasteiger partial charge in [-0.05, 0) is 46.2 Å². The van der Waals surface area contributed by atoms with Crippen molar-refractivity contribution in [2.24, 2.45) is 5.73 Å². The van der Waals surface area contributed by atoms with Gasteiger partial charge in [-0.15, -0.1) is 0 Å². The smallest absolute Gasteiger partial charge is 0.0644 e. The monoisotopic (exact) mass is 283 g/mol. The van der Waals surface area contributed by atoms with E-state index in [1.165, 1.54) is 19.5 Å². The Bertz CT molecular complexity index is 317. The number of ether oxygens (including phenoxy) is 1. The summed E-state index contributed by atoms with van der Waals surface area (Å²) in [6.07, 6.45) is 3.42. The summed E-state index contributed by atoms with van der Waals surface area (Å²) in [4.78, 5) is 5.26. The van der Waals surface area contributed by atoms with E-state index in [0.29, 0.717) is 6.04 Å². The van der Waals surface area contributed by atoms with E-state index in [9.17, 15) is 0 Å². The van der Waals surface area contributed by atoms with Gasteiger partial charge in [0, 0.05) is 37.8 Å². The Kier molecular flexibility index (Phi) is 5.11. The van der Waals surface area contributed by atoms with E-state index >= 15 is 0 Å². The maximum absolute atomic E-state index is 6.21. The van der Waals surface area contributed by atoms with Crippen LogP contribution in [0, 0.1) is 0 Å². The summed E-state index contributed by atoms with van der Waals surface area (Å²) < 4.78 is 5.91. The first-order valence-electron chi connectivity index (χ1n) is 8.29. The van der Waals surface area contributed by atoms with Gasteiger partial charge < -0.3 is 10.5 Å². The molecule has 2 N–H and O–H groups in total. The Morgan fingerprint density at radius 3 is 2.55 bits per heavy atom. The highest BCUT2D eigenvalue weighted by molar-refractivity contribution is 5.02. The van der Waals surface area contributed by atoms with Crippen LogP contribution in [-0.2, 0) is 4.74 Å². The lowest BCUT2D eigenvalue weighted by Crippen LogP contribution is -2.60. The van der Waals surface area contributed by atoms with Crippen LogP contribution in [0.4, 0.5) is 0 Å². The van der Waals surface area contributed by atoms with Gasteiger partial charge in [-0.1, -0.05) is 13.8 Å². The van der Waals surface area contributed by atoms with Gasteiger partial charge in [0.2, 0.25) is 0 Å². The van der Waals surface area contributed by atoms with Crippen molar-refractivity contribution >= 4 is 0 Å². The molecule has 0 aliphatic carbocycles. The first-order valence-corrected chi connectivity index (χ1v) is 8.29. The third-order valence-electron chi connectivity index (χ3n) is 5.36. The third-order valence-corrected chi connectivity index (χ3v) is 5.36. The number of likely N-dealkylation sites (N-methyl/N-ethyl adjacent to an activating group) is 1. The number of hydrogen-bond donors (Lipinski definition) is 1. The van der Waals surface area contributed by atoms with Crippen molar-refractivity contribution in [3.63, 3.8) is 0 Å². The van der Waals surface area contributed by atoms with E-state index in [1.54, 1.807) is 0 Å². The lowest BCUT2D eigenvalue weighted by atomic mass is 9.80. The largest absolute Gasteiger partial charge is 0.375 e. The van der Waals surface area contributed by atoms with Crippen LogP contribution in [-0.4, -0.2) is 66.3 Å². The summed E-state index contributed by atoms with van der Waals surface area (Å²) in [5.74, 6) is 0. The molecule has 118 valence electrons. The van der Waals surface area contributed by atoms with Crippen molar-refractivity contribution in [3.05, 3.63) is 0 Å². The molecule has 0 aromatic carbocycles. The maximum Gasteiger partial charge on any atom is 0.0644 e. The summed E-state index contributed by atoms with van der Waals surface area (Å²) in [5, 5.41) is 0. The molecule has 0 aromatic heterocycles. The van der Waals surface area contributed by atoms with Crippen molar-refractivity contribution in [2.45, 2.75) is 64.1 Å². The molecule has 0 aromatic rings. The summed E-state index contributed by atoms with van der Waals surface area (Å²) >= 11 is 0. The van der Waals surface area contributed by atoms with E-state index in [0.717, 1.165) is 39.1 Å². The van der Waals surface area contributed by atoms with Crippen LogP contribution in [0.25, 0.3) is 0 Å². The zero-order valence-electron chi connectivity index (χ0n) is 13.8. The highest BCUT2D eigenvalue weighted by Crippen LogP contribution is 2.38. The molecule has 0 spiro atoms. The van der Waals surface area contributed by atoms with Crippen LogP contribution in [0.1, 0.15) is 47.0 Å². The number of nitrogens with two attached hydrogens (primary N) is 1. The molecule has 2 aliphatic rings. The van der Waals surface area contributed by atoms with Crippen molar-refractivity contribution in [1.82, 2.24) is 9.80 Å². The number of rotatable bonds is 5. The van der Waals surface area contributed by atoms with Crippen LogP contribution >= 0.6 is 0 Å². The molecule has 4 nitrogen and oxygen atoms in total. The molecule has 0 radical (unpaired) electrons. The molecular formula is C16H33N3O. The second-order valence-electron chi connectivity index (χ2n) is 7.07. The lowest BCUT2D eigenvalue weighted by Gasteiger charge is -2.49. The Hall–Kier alpha value is -0.160. The first kappa shape index (κ1) is 16.2. The normalized spacial score (nSPS) is 34.8. The van der Waals surface area contributed by atoms with Crippen LogP contribution in [0.2, 0.25) is 0 Å². The predicted molar refractivity (Wildman–Crippen MR) is 83.9 cm³/mol. The van der Waals surface area contributed by atoms with E-state index in [4.69, 9.17) is 10.5 Å². The van der Waals surface area contributed by atoms with Gasteiger partial charge in [0.1, 0.15) is 0 Å². The Balaban J connectivity index is 2.06. The first-order chi connectivity index (χ1) is 9.46. The zero-order chi connectivity index (χ0) is 14.8. The van der Waals surface area contributed by atoms with E-state index in [-0.39, 0.29) is 11.1 Å². The van der Waals surface area contributed by atoms with Crippen molar-refractivity contribution in [3.8, 4) is 0 Å². The minimum absolute atomic E-state index is 0.0368. The average Bonchev–Trinajstić information content (AvgIpc) is 2.89. The zero-order valence-corrected chi connectivity index (χ0v) is 13.8. The average molecular weight is 283 g/mol. The minimum Gasteiger partial charge on any atom is -0.375 e. The van der Waals surface area contributed by atoms with Crippen LogP contribution in [0.3, 0.4) is 0 Å². The Morgan fingerprint density at radius 2 is 2.00 bits per heavy atom. The molecule has 2 rings (SSSR count). The van der Waals surface area contributed by atoms with Gasteiger partial charge >= 0.3 is 0 Å². The Labute approximate surface area is 124 Å². The maximum atomic E-state index is 6.21. The Morgan fingerprint density at radius 1 is 1.30 bits per heavy atom. The quantitative estimate of drug-likeness (QED) is 0.834. The third kappa shape index (κ3) is 3.19. The lowest BCUT2D eigenvalue weighted by molar-refractivity contribution is -0.114. The van der Waals surface area contributed by atoms with Gasteiger partial charge in [0.05, 0.1) is 5.60 Å². The van der Waals surface area contributed by atoms with Crippen LogP contribution < -0.4 is 5.73 Å². The molecule has 2 unspecified atom stereocenters. The van der Waals surface area contributed by atoms with E-state index < -0.39 is 0 Å². The van der Waals surface area contributed by atoms with Gasteiger partial charge in [-0.3, -0.25) is 9.80 Å². The van der Waals surface area contributed by atoms with Crippen LogP contribution in [0.5, 0.6) is 0 Å². The van der Waals surface area contributed by atoms with Gasteiger partial charge in [0.25, 0.3) is 0 Å². The molecule has 0 amide bonds. The highest BCUT2D eigenvalue weighted by Gasteiger charge is 2.46. The fraction of sp³-hybridized carbons (Fsp3) is 1.00. The molecule has 2 heterocycles. The highest BCUT2D eigenvalue weighted by atomic mass is 16.5. The minimum atomic E-state index is -0.0368. The number of nitrogens with zero attached hydrogens (tertiary/aromatic N) is 2. The molecule has 2 fully saturated rings. The standard InChI is InChI=1S/C16H33N3O/c1-5-18(6-2)14-7-9-19(11-14)16(13-17)8-10-20-15(3,4)12-16/h14H,5-13,17H2,1-4H3. The van der Waals surface area contributed by atoms with Crippen molar-refractivity contribution in [2.75, 3.05) is 39.3 Å². The summed E-state index contributed by atoms with van der Waals surface area (Å²) in [6.45, 7) is 15.2. The summed E-state index contributed by atoms with van der Waals surface area (Å²) in [6, 6.07) is 0.708. The molecule has 0 saturated carbocycles. The van der Waals surface area contributed by atoms with E-state index in [2.05, 4.69) is 37.5 Å². The van der Waals surface area contributed by atoms with Gasteiger partial charge in [0.15, 0.2) is 0 Å². The molecule has 2 aliphatic heterocycles. The molecule has 20 heavy (non-hydrogen) atoms. The molecule has 4 heteroatoms. The molecule has 2 saturated heterocycles. The summed E-state index contributed by atoms with van der Waals surface area (Å²) in [5.41, 5.74) is 6.33. The topological polar surface area (TPSA) is 41.7 Å². The van der Waals surface area contributed by atoms with Gasteiger partial charge in [-0.2, -0.15) is 0 Å². The summed E-state index contributed by atoms with van der Waals surface area (Å²) in [7, 11) is 0. The SMILES string of the molecule is CCN(CC)C1CCN(C2(CN)CCOC(C)(C)C2)C1. The second kappa shape index (κ2) is 6.30. The molecule has 0 bridgehead atoms. The van der Waals surface area contributed by atoms with Crippen molar-refractivity contribution in [1.29, 1.82) is 0 Å². The van der Waals surface area contributed by atoms with Gasteiger partial charge in [-0.25, -0.2) is 0 Å². The molecular weight excluding hydrogens is 250 g/mol. The van der Waals surface area contributed by atoms with Crippen LogP contribution in [0.15, 0.2) is 0 Å². The van der Waals surface area contributed by atoms with Crippen molar-refractivity contribution < 1.29 is 4.74 Å². The molecule has 2 atom stereocenters. The number of likely N-dealkylation sites (tertiary alicyclic amines) is 1. The van der Waals surface area contributed by atoms with E-state index in [1.807, 2.05) is 0 Å².